The van der Waals surface area contributed by atoms with Crippen LogP contribution in [0.2, 0.25) is 0 Å². The Morgan fingerprint density at radius 3 is 2.00 bits per heavy atom. The van der Waals surface area contributed by atoms with Crippen LogP contribution in [0, 0.1) is 13.8 Å². The van der Waals surface area contributed by atoms with Gasteiger partial charge in [0.25, 0.3) is 0 Å². The van der Waals surface area contributed by atoms with E-state index in [0.29, 0.717) is 16.3 Å². The Hall–Kier alpha value is -0.515. The first-order valence-corrected chi connectivity index (χ1v) is 3.87. The van der Waals surface area contributed by atoms with Gasteiger partial charge in [-0.1, -0.05) is 0 Å². The molecule has 0 radical (unpaired) electrons. The molecule has 11 heavy (non-hydrogen) atoms. The SMILES string of the molecule is Cc1nc(C)c([B-](F)(F)F)s1. The molecule has 0 aliphatic rings. The fourth-order valence-electron chi connectivity index (χ4n) is 0.851. The van der Waals surface area contributed by atoms with E-state index in [0.717, 1.165) is 0 Å². The lowest BCUT2D eigenvalue weighted by Gasteiger charge is -2.11. The van der Waals surface area contributed by atoms with Crippen LogP contribution in [0.3, 0.4) is 0 Å². The number of hydrogen-bond acceptors (Lipinski definition) is 2. The van der Waals surface area contributed by atoms with Crippen molar-refractivity contribution in [2.45, 2.75) is 13.8 Å². The van der Waals surface area contributed by atoms with Crippen LogP contribution in [0.15, 0.2) is 0 Å². The van der Waals surface area contributed by atoms with Gasteiger partial charge in [-0.2, -0.15) is 11.3 Å². The van der Waals surface area contributed by atoms with Crippen LogP contribution in [0.1, 0.15) is 10.7 Å². The fraction of sp³-hybridized carbons (Fsp3) is 0.400. The molecule has 0 fully saturated rings. The number of halogens is 3. The van der Waals surface area contributed by atoms with Crippen LogP contribution in [0.5, 0.6) is 0 Å². The quantitative estimate of drug-likeness (QED) is 0.600. The summed E-state index contributed by atoms with van der Waals surface area (Å²) in [6.07, 6.45) is 0. The van der Waals surface area contributed by atoms with Crippen LogP contribution in [-0.4, -0.2) is 12.0 Å². The van der Waals surface area contributed by atoms with Crippen LogP contribution in [0.4, 0.5) is 12.9 Å². The van der Waals surface area contributed by atoms with E-state index >= 15 is 0 Å². The Kier molecular flexibility index (Phi) is 1.96. The molecule has 6 heteroatoms. The predicted octanol–water partition coefficient (Wildman–Crippen LogP) is 1.81. The molecule has 0 saturated heterocycles. The molecular weight excluding hydrogens is 174 g/mol. The molecule has 0 aliphatic carbocycles. The van der Waals surface area contributed by atoms with Gasteiger partial charge in [0, 0.05) is 5.69 Å². The first-order valence-electron chi connectivity index (χ1n) is 3.05. The molecule has 0 atom stereocenters. The molecule has 1 rings (SSSR count). The third kappa shape index (κ3) is 1.74. The minimum Gasteiger partial charge on any atom is -0.444 e. The normalized spacial score (nSPS) is 12.1. The summed E-state index contributed by atoms with van der Waals surface area (Å²) in [4.78, 5) is 3.69. The minimum atomic E-state index is -4.85. The highest BCUT2D eigenvalue weighted by molar-refractivity contribution is 7.23. The zero-order chi connectivity index (χ0) is 8.65. The molecule has 1 heterocycles. The van der Waals surface area contributed by atoms with E-state index in [2.05, 4.69) is 4.98 Å². The Labute approximate surface area is 66.3 Å². The number of thiazole rings is 1. The molecule has 0 spiro atoms. The van der Waals surface area contributed by atoms with Gasteiger partial charge in [0.05, 0.1) is 5.01 Å². The van der Waals surface area contributed by atoms with Gasteiger partial charge in [-0.05, 0) is 18.6 Å². The average Bonchev–Trinajstić information content (AvgIpc) is 2.08. The largest absolute Gasteiger partial charge is 0.521 e. The number of nitrogens with zero attached hydrogens (tertiary/aromatic N) is 1. The maximum absolute atomic E-state index is 12.1. The van der Waals surface area contributed by atoms with E-state index in [-0.39, 0.29) is 5.69 Å². The maximum atomic E-state index is 12.1. The molecule has 0 unspecified atom stereocenters. The van der Waals surface area contributed by atoms with E-state index in [1.165, 1.54) is 6.92 Å². The van der Waals surface area contributed by atoms with Crippen LogP contribution in [-0.2, 0) is 0 Å². The van der Waals surface area contributed by atoms with Gasteiger partial charge >= 0.3 is 6.98 Å². The molecule has 0 N–H and O–H groups in total. The highest BCUT2D eigenvalue weighted by atomic mass is 32.1. The highest BCUT2D eigenvalue weighted by Crippen LogP contribution is 2.16. The molecule has 0 saturated carbocycles. The summed E-state index contributed by atoms with van der Waals surface area (Å²) in [7, 11) is 0. The van der Waals surface area contributed by atoms with Crippen molar-refractivity contribution in [3.8, 4) is 0 Å². The Morgan fingerprint density at radius 1 is 1.27 bits per heavy atom. The molecule has 1 aromatic rings. The molecule has 1 nitrogen and oxygen atoms in total. The summed E-state index contributed by atoms with van der Waals surface area (Å²) in [5.41, 5.74) is 0.0972. The summed E-state index contributed by atoms with van der Waals surface area (Å²) in [6.45, 7) is -1.90. The Morgan fingerprint density at radius 2 is 1.82 bits per heavy atom. The lowest BCUT2D eigenvalue weighted by molar-refractivity contribution is 0.502. The van der Waals surface area contributed by atoms with Crippen LogP contribution >= 0.6 is 11.3 Å². The van der Waals surface area contributed by atoms with Crippen molar-refractivity contribution in [2.75, 3.05) is 0 Å². The van der Waals surface area contributed by atoms with Gasteiger partial charge in [-0.25, -0.2) is 0 Å². The summed E-state index contributed by atoms with van der Waals surface area (Å²) in [5, 5.41) is 0.469. The van der Waals surface area contributed by atoms with Gasteiger partial charge < -0.3 is 12.9 Å². The van der Waals surface area contributed by atoms with Gasteiger partial charge in [0.1, 0.15) is 0 Å². The number of aryl methyl sites for hydroxylation is 2. The van der Waals surface area contributed by atoms with Gasteiger partial charge in [-0.15, -0.1) is 0 Å². The van der Waals surface area contributed by atoms with E-state index in [4.69, 9.17) is 0 Å². The van der Waals surface area contributed by atoms with Crippen molar-refractivity contribution in [1.82, 2.24) is 4.98 Å². The summed E-state index contributed by atoms with van der Waals surface area (Å²) >= 11 is 0.713. The standard InChI is InChI=1S/C5H6BF3NS/c1-3-5(6(7,8)9)11-4(2)10-3/h1-2H3/q-1. The second kappa shape index (κ2) is 2.51. The van der Waals surface area contributed by atoms with Gasteiger partial charge in [0.2, 0.25) is 0 Å². The monoisotopic (exact) mass is 180 g/mol. The molecule has 0 aromatic carbocycles. The zero-order valence-corrected chi connectivity index (χ0v) is 6.88. The molecule has 0 bridgehead atoms. The second-order valence-electron chi connectivity index (χ2n) is 2.26. The number of rotatable bonds is 1. The van der Waals surface area contributed by atoms with Crippen LogP contribution in [0.25, 0.3) is 0 Å². The summed E-state index contributed by atoms with van der Waals surface area (Å²) in [5.74, 6) is 0. The predicted molar refractivity (Wildman–Crippen MR) is 40.3 cm³/mol. The first-order chi connectivity index (χ1) is 4.91. The van der Waals surface area contributed by atoms with E-state index in [1.54, 1.807) is 6.92 Å². The molecule has 1 aromatic heterocycles. The molecule has 0 aliphatic heterocycles. The third-order valence-corrected chi connectivity index (χ3v) is 2.41. The van der Waals surface area contributed by atoms with Crippen molar-refractivity contribution < 1.29 is 12.9 Å². The smallest absolute Gasteiger partial charge is 0.444 e. The fourth-order valence-corrected chi connectivity index (χ4v) is 1.68. The number of aromatic nitrogens is 1. The lowest BCUT2D eigenvalue weighted by atomic mass is 9.88. The molecule has 62 valence electrons. The average molecular weight is 180 g/mol. The summed E-state index contributed by atoms with van der Waals surface area (Å²) < 4.78 is 35.8. The number of hydrogen-bond donors (Lipinski definition) is 0. The third-order valence-electron chi connectivity index (χ3n) is 1.24. The highest BCUT2D eigenvalue weighted by Gasteiger charge is 2.30. The summed E-state index contributed by atoms with van der Waals surface area (Å²) in [6, 6.07) is 0. The topological polar surface area (TPSA) is 12.9 Å². The van der Waals surface area contributed by atoms with E-state index in [9.17, 15) is 12.9 Å². The first kappa shape index (κ1) is 8.58. The van der Waals surface area contributed by atoms with Crippen LogP contribution < -0.4 is 4.78 Å². The second-order valence-corrected chi connectivity index (χ2v) is 3.49. The molecular formula is C5H6BF3NS-. The van der Waals surface area contributed by atoms with Crippen molar-refractivity contribution in [1.29, 1.82) is 0 Å². The van der Waals surface area contributed by atoms with Crippen molar-refractivity contribution in [2.24, 2.45) is 0 Å². The van der Waals surface area contributed by atoms with E-state index in [1.807, 2.05) is 0 Å². The Balaban J connectivity index is 3.13. The molecule has 0 amide bonds. The van der Waals surface area contributed by atoms with E-state index < -0.39 is 11.8 Å². The van der Waals surface area contributed by atoms with Crippen molar-refractivity contribution >= 4 is 23.1 Å². The van der Waals surface area contributed by atoms with Crippen molar-refractivity contribution in [3.63, 3.8) is 0 Å². The minimum absolute atomic E-state index is 0.0972. The zero-order valence-electron chi connectivity index (χ0n) is 6.07. The van der Waals surface area contributed by atoms with Crippen molar-refractivity contribution in [3.05, 3.63) is 10.7 Å². The maximum Gasteiger partial charge on any atom is 0.521 e. The van der Waals surface area contributed by atoms with Gasteiger partial charge in [-0.3, -0.25) is 4.98 Å². The van der Waals surface area contributed by atoms with Gasteiger partial charge in [0.15, 0.2) is 0 Å². The lowest BCUT2D eigenvalue weighted by Crippen LogP contribution is -2.33. The Bertz CT molecular complexity index is 267.